The third-order valence-electron chi connectivity index (χ3n) is 6.95. The first-order valence-electron chi connectivity index (χ1n) is 10.5. The Balaban J connectivity index is 1.50. The number of hydrogen-bond donors (Lipinski definition) is 0. The molecule has 0 unspecified atom stereocenters. The molecule has 164 valence electrons. The van der Waals surface area contributed by atoms with Gasteiger partial charge in [-0.25, -0.2) is 5.01 Å². The molecule has 4 atom stereocenters. The molecular weight excluding hydrogens is 434 g/mol. The second-order valence-electron chi connectivity index (χ2n) is 8.67. The fourth-order valence-corrected chi connectivity index (χ4v) is 5.63. The van der Waals surface area contributed by atoms with E-state index in [9.17, 15) is 24.5 Å². The highest BCUT2D eigenvalue weighted by atomic mass is 35.5. The molecule has 2 aliphatic carbocycles. The first-order chi connectivity index (χ1) is 15.3. The largest absolute Gasteiger partial charge is 0.273 e. The summed E-state index contributed by atoms with van der Waals surface area (Å²) in [6.45, 7) is -0.0638. The summed E-state index contributed by atoms with van der Waals surface area (Å²) in [5.74, 6) is -1.49. The van der Waals surface area contributed by atoms with Crippen molar-refractivity contribution in [3.05, 3.63) is 74.8 Å². The van der Waals surface area contributed by atoms with Gasteiger partial charge in [0, 0.05) is 22.7 Å². The molecule has 3 fully saturated rings. The lowest BCUT2D eigenvalue weighted by molar-refractivity contribution is -0.384. The highest BCUT2D eigenvalue weighted by Gasteiger charge is 2.62. The van der Waals surface area contributed by atoms with Gasteiger partial charge in [-0.2, -0.15) is 5.01 Å². The quantitative estimate of drug-likeness (QED) is 0.389. The molecule has 1 aliphatic heterocycles. The van der Waals surface area contributed by atoms with Crippen molar-refractivity contribution in [1.82, 2.24) is 10.0 Å². The number of hydrogen-bond acceptors (Lipinski definition) is 5. The number of fused-ring (bicyclic) bond motifs is 5. The van der Waals surface area contributed by atoms with Crippen LogP contribution < -0.4 is 0 Å². The minimum atomic E-state index is -0.509. The van der Waals surface area contributed by atoms with E-state index < -0.39 is 10.8 Å². The number of rotatable bonds is 5. The number of carbonyl (C=O) groups excluding carboxylic acids is 3. The van der Waals surface area contributed by atoms with Crippen molar-refractivity contribution in [2.24, 2.45) is 23.7 Å². The zero-order chi connectivity index (χ0) is 22.6. The molecule has 2 saturated carbocycles. The lowest BCUT2D eigenvalue weighted by atomic mass is 9.81. The van der Waals surface area contributed by atoms with Crippen molar-refractivity contribution in [1.29, 1.82) is 0 Å². The molecule has 3 amide bonds. The van der Waals surface area contributed by atoms with Gasteiger partial charge in [-0.1, -0.05) is 23.7 Å². The van der Waals surface area contributed by atoms with Crippen LogP contribution in [0.2, 0.25) is 5.02 Å². The average molecular weight is 454 g/mol. The lowest BCUT2D eigenvalue weighted by Crippen LogP contribution is -2.50. The van der Waals surface area contributed by atoms with Crippen molar-refractivity contribution < 1.29 is 19.3 Å². The predicted molar refractivity (Wildman–Crippen MR) is 114 cm³/mol. The Kier molecular flexibility index (Phi) is 4.97. The highest BCUT2D eigenvalue weighted by molar-refractivity contribution is 6.30. The number of imide groups is 1. The molecule has 32 heavy (non-hydrogen) atoms. The van der Waals surface area contributed by atoms with Crippen molar-refractivity contribution in [2.75, 3.05) is 0 Å². The Morgan fingerprint density at radius 2 is 1.56 bits per heavy atom. The minimum absolute atomic E-state index is 0.0638. The molecule has 2 bridgehead atoms. The van der Waals surface area contributed by atoms with Crippen molar-refractivity contribution in [2.45, 2.75) is 25.8 Å². The fraction of sp³-hybridized carbons (Fsp3) is 0.348. The molecule has 9 heteroatoms. The second-order valence-corrected chi connectivity index (χ2v) is 9.10. The molecule has 2 aromatic rings. The Morgan fingerprint density at radius 3 is 2.09 bits per heavy atom. The molecule has 0 aromatic heterocycles. The number of non-ortho nitro benzene ring substituents is 1. The Morgan fingerprint density at radius 1 is 1.00 bits per heavy atom. The maximum Gasteiger partial charge on any atom is 0.273 e. The van der Waals surface area contributed by atoms with Crippen LogP contribution in [0.5, 0.6) is 0 Å². The van der Waals surface area contributed by atoms with E-state index >= 15 is 0 Å². The average Bonchev–Trinajstić information content (AvgIpc) is 3.47. The van der Waals surface area contributed by atoms with Gasteiger partial charge in [0.1, 0.15) is 0 Å². The summed E-state index contributed by atoms with van der Waals surface area (Å²) in [6.07, 6.45) is 2.77. The number of hydrazine groups is 1. The Hall–Kier alpha value is -3.26. The van der Waals surface area contributed by atoms with E-state index in [0.29, 0.717) is 10.6 Å². The van der Waals surface area contributed by atoms with Gasteiger partial charge in [-0.05, 0) is 60.9 Å². The molecule has 3 aliphatic rings. The lowest BCUT2D eigenvalue weighted by Gasteiger charge is -2.31. The van der Waals surface area contributed by atoms with Gasteiger partial charge in [0.2, 0.25) is 0 Å². The van der Waals surface area contributed by atoms with Gasteiger partial charge in [-0.3, -0.25) is 24.5 Å². The van der Waals surface area contributed by atoms with Crippen LogP contribution in [0, 0.1) is 33.8 Å². The van der Waals surface area contributed by atoms with E-state index in [1.165, 1.54) is 29.3 Å². The van der Waals surface area contributed by atoms with Crippen LogP contribution in [0.4, 0.5) is 5.69 Å². The van der Waals surface area contributed by atoms with Crippen molar-refractivity contribution >= 4 is 35.0 Å². The standard InChI is InChI=1S/C23H20ClN3O5/c24-17-7-5-14(6-8-17)21(28)25(12-13-1-9-18(10-2-13)27(31)32)26-22(29)19-15-3-4-16(11-15)20(19)23(26)30/h1-2,5-10,15-16,19-20H,3-4,11-12H2/t15-,16-,19+,20+/m0/s1. The van der Waals surface area contributed by atoms with Gasteiger partial charge in [-0.15, -0.1) is 0 Å². The molecule has 1 heterocycles. The van der Waals surface area contributed by atoms with Crippen molar-refractivity contribution in [3.8, 4) is 0 Å². The normalized spacial score (nSPS) is 25.8. The van der Waals surface area contributed by atoms with Crippen molar-refractivity contribution in [3.63, 3.8) is 0 Å². The number of nitro benzene ring substituents is 1. The Labute approximate surface area is 188 Å². The first-order valence-corrected chi connectivity index (χ1v) is 10.9. The summed E-state index contributed by atoms with van der Waals surface area (Å²) in [6, 6.07) is 12.0. The molecule has 1 saturated heterocycles. The van der Waals surface area contributed by atoms with Gasteiger partial charge in [0.25, 0.3) is 23.4 Å². The van der Waals surface area contributed by atoms with Crippen LogP contribution >= 0.6 is 11.6 Å². The summed E-state index contributed by atoms with van der Waals surface area (Å²) in [5.41, 5.74) is 0.777. The minimum Gasteiger partial charge on any atom is -0.272 e. The van der Waals surface area contributed by atoms with Gasteiger partial charge < -0.3 is 0 Å². The van der Waals surface area contributed by atoms with E-state index in [2.05, 4.69) is 0 Å². The van der Waals surface area contributed by atoms with E-state index in [0.717, 1.165) is 24.3 Å². The molecule has 5 rings (SSSR count). The van der Waals surface area contributed by atoms with E-state index in [4.69, 9.17) is 11.6 Å². The molecular formula is C23H20ClN3O5. The van der Waals surface area contributed by atoms with E-state index in [-0.39, 0.29) is 53.3 Å². The van der Waals surface area contributed by atoms with Crippen LogP contribution in [-0.4, -0.2) is 32.7 Å². The molecule has 0 spiro atoms. The van der Waals surface area contributed by atoms with Crippen LogP contribution in [-0.2, 0) is 16.1 Å². The number of halogens is 1. The monoisotopic (exact) mass is 453 g/mol. The van der Waals surface area contributed by atoms with Crippen LogP contribution in [0.15, 0.2) is 48.5 Å². The fourth-order valence-electron chi connectivity index (χ4n) is 5.50. The second kappa shape index (κ2) is 7.70. The molecule has 0 N–H and O–H groups in total. The zero-order valence-corrected chi connectivity index (χ0v) is 17.8. The van der Waals surface area contributed by atoms with Gasteiger partial charge >= 0.3 is 0 Å². The van der Waals surface area contributed by atoms with Gasteiger partial charge in [0.05, 0.1) is 23.3 Å². The summed E-state index contributed by atoms with van der Waals surface area (Å²) in [4.78, 5) is 50.6. The van der Waals surface area contributed by atoms with E-state index in [1.807, 2.05) is 0 Å². The summed E-state index contributed by atoms with van der Waals surface area (Å²) < 4.78 is 0. The van der Waals surface area contributed by atoms with Crippen LogP contribution in [0.3, 0.4) is 0 Å². The SMILES string of the molecule is O=C(c1ccc(Cl)cc1)N(Cc1ccc([N+](=O)[O-])cc1)N1C(=O)[C@@H]2[C@H]3CC[C@@H](C3)[C@H]2C1=O. The summed E-state index contributed by atoms with van der Waals surface area (Å²) in [7, 11) is 0. The third-order valence-corrected chi connectivity index (χ3v) is 7.20. The van der Waals surface area contributed by atoms with Gasteiger partial charge in [0.15, 0.2) is 0 Å². The summed E-state index contributed by atoms with van der Waals surface area (Å²) in [5, 5.41) is 13.6. The van der Waals surface area contributed by atoms with Crippen LogP contribution in [0.25, 0.3) is 0 Å². The number of amides is 3. The molecule has 0 radical (unpaired) electrons. The third kappa shape index (κ3) is 3.26. The Bertz CT molecular complexity index is 1090. The number of carbonyl (C=O) groups is 3. The number of benzene rings is 2. The predicted octanol–water partition coefficient (Wildman–Crippen LogP) is 3.84. The van der Waals surface area contributed by atoms with E-state index in [1.54, 1.807) is 24.3 Å². The highest BCUT2D eigenvalue weighted by Crippen LogP contribution is 2.56. The van der Waals surface area contributed by atoms with Crippen LogP contribution in [0.1, 0.15) is 35.2 Å². The first kappa shape index (κ1) is 20.6. The smallest absolute Gasteiger partial charge is 0.272 e. The molecule has 2 aromatic carbocycles. The molecule has 8 nitrogen and oxygen atoms in total. The zero-order valence-electron chi connectivity index (χ0n) is 17.0. The maximum absolute atomic E-state index is 13.4. The topological polar surface area (TPSA) is 101 Å². The summed E-state index contributed by atoms with van der Waals surface area (Å²) >= 11 is 5.94. The number of nitrogens with zero attached hydrogens (tertiary/aromatic N) is 3. The maximum atomic E-state index is 13.4. The number of nitro groups is 1.